The summed E-state index contributed by atoms with van der Waals surface area (Å²) in [5, 5.41) is 0. The van der Waals surface area contributed by atoms with Crippen molar-refractivity contribution in [2.75, 3.05) is 0 Å². The lowest BCUT2D eigenvalue weighted by Gasteiger charge is -2.06. The third kappa shape index (κ3) is 1.90. The van der Waals surface area contributed by atoms with E-state index >= 15 is 0 Å². The van der Waals surface area contributed by atoms with E-state index in [0.29, 0.717) is 0 Å². The second-order valence-corrected chi connectivity index (χ2v) is 4.21. The van der Waals surface area contributed by atoms with Gasteiger partial charge in [-0.3, -0.25) is 0 Å². The van der Waals surface area contributed by atoms with Crippen molar-refractivity contribution in [3.05, 3.63) is 22.6 Å². The van der Waals surface area contributed by atoms with Gasteiger partial charge in [-0.05, 0) is 40.4 Å². The van der Waals surface area contributed by atoms with E-state index in [9.17, 15) is 0 Å². The Morgan fingerprint density at radius 1 is 1.58 bits per heavy atom. The molecule has 0 bridgehead atoms. The standard InChI is InChI=1S/C9H12BrNO/c10-9-4-3-8(12-9)7(11)5-6-1-2-6/h3-4,6-7H,1-2,5,11H2/t7-/m0/s1. The molecule has 1 aliphatic rings. The van der Waals surface area contributed by atoms with E-state index < -0.39 is 0 Å². The summed E-state index contributed by atoms with van der Waals surface area (Å²) in [5.41, 5.74) is 5.93. The van der Waals surface area contributed by atoms with Crippen LogP contribution in [-0.2, 0) is 0 Å². The Balaban J connectivity index is 1.97. The van der Waals surface area contributed by atoms with Gasteiger partial charge in [0, 0.05) is 0 Å². The van der Waals surface area contributed by atoms with Crippen molar-refractivity contribution in [3.63, 3.8) is 0 Å². The zero-order valence-electron chi connectivity index (χ0n) is 6.79. The highest BCUT2D eigenvalue weighted by Gasteiger charge is 2.25. The van der Waals surface area contributed by atoms with Crippen molar-refractivity contribution in [1.82, 2.24) is 0 Å². The van der Waals surface area contributed by atoms with E-state index in [1.165, 1.54) is 12.8 Å². The predicted molar refractivity (Wildman–Crippen MR) is 50.7 cm³/mol. The van der Waals surface area contributed by atoms with Crippen LogP contribution in [0.25, 0.3) is 0 Å². The lowest BCUT2D eigenvalue weighted by Crippen LogP contribution is -2.09. The first-order valence-corrected chi connectivity index (χ1v) is 5.06. The fourth-order valence-electron chi connectivity index (χ4n) is 1.36. The molecule has 0 aliphatic heterocycles. The third-order valence-electron chi connectivity index (χ3n) is 2.24. The summed E-state index contributed by atoms with van der Waals surface area (Å²) in [6.45, 7) is 0. The molecule has 1 atom stereocenters. The first-order valence-electron chi connectivity index (χ1n) is 4.26. The second-order valence-electron chi connectivity index (χ2n) is 3.43. The van der Waals surface area contributed by atoms with Gasteiger partial charge in [-0.15, -0.1) is 0 Å². The smallest absolute Gasteiger partial charge is 0.169 e. The maximum Gasteiger partial charge on any atom is 0.169 e. The average molecular weight is 230 g/mol. The number of rotatable bonds is 3. The SMILES string of the molecule is N[C@@H](CC1CC1)c1ccc(Br)o1. The number of furan rings is 1. The van der Waals surface area contributed by atoms with Crippen LogP contribution in [-0.4, -0.2) is 0 Å². The first-order chi connectivity index (χ1) is 5.75. The van der Waals surface area contributed by atoms with Crippen LogP contribution in [0.4, 0.5) is 0 Å². The monoisotopic (exact) mass is 229 g/mol. The highest BCUT2D eigenvalue weighted by molar-refractivity contribution is 9.10. The van der Waals surface area contributed by atoms with Gasteiger partial charge in [-0.1, -0.05) is 12.8 Å². The Kier molecular flexibility index (Phi) is 2.24. The predicted octanol–water partition coefficient (Wildman–Crippen LogP) is 2.84. The van der Waals surface area contributed by atoms with E-state index in [1.54, 1.807) is 0 Å². The average Bonchev–Trinajstić information content (AvgIpc) is 2.72. The maximum absolute atomic E-state index is 5.93. The molecule has 1 aliphatic carbocycles. The molecule has 0 saturated heterocycles. The van der Waals surface area contributed by atoms with Crippen molar-refractivity contribution in [1.29, 1.82) is 0 Å². The topological polar surface area (TPSA) is 39.2 Å². The molecule has 3 heteroatoms. The second kappa shape index (κ2) is 3.23. The van der Waals surface area contributed by atoms with Crippen LogP contribution in [0.3, 0.4) is 0 Å². The largest absolute Gasteiger partial charge is 0.453 e. The summed E-state index contributed by atoms with van der Waals surface area (Å²) in [7, 11) is 0. The van der Waals surface area contributed by atoms with E-state index in [2.05, 4.69) is 15.9 Å². The Morgan fingerprint density at radius 3 is 2.83 bits per heavy atom. The van der Waals surface area contributed by atoms with E-state index in [0.717, 1.165) is 22.8 Å². The Labute approximate surface area is 80.3 Å². The van der Waals surface area contributed by atoms with Gasteiger partial charge in [0.1, 0.15) is 5.76 Å². The Bertz CT molecular complexity index is 267. The van der Waals surface area contributed by atoms with Crippen molar-refractivity contribution in [2.45, 2.75) is 25.3 Å². The molecule has 66 valence electrons. The number of hydrogen-bond acceptors (Lipinski definition) is 2. The summed E-state index contributed by atoms with van der Waals surface area (Å²) in [6.07, 6.45) is 3.76. The highest BCUT2D eigenvalue weighted by atomic mass is 79.9. The van der Waals surface area contributed by atoms with Crippen LogP contribution in [0.1, 0.15) is 31.1 Å². The molecule has 0 unspecified atom stereocenters. The Morgan fingerprint density at radius 2 is 2.33 bits per heavy atom. The number of hydrogen-bond donors (Lipinski definition) is 1. The summed E-state index contributed by atoms with van der Waals surface area (Å²) < 4.78 is 6.13. The van der Waals surface area contributed by atoms with E-state index in [4.69, 9.17) is 10.2 Å². The molecule has 1 heterocycles. The van der Waals surface area contributed by atoms with Gasteiger partial charge < -0.3 is 10.2 Å². The molecule has 2 N–H and O–H groups in total. The molecule has 0 amide bonds. The molecule has 0 spiro atoms. The molecule has 0 aromatic carbocycles. The minimum atomic E-state index is 0.0869. The van der Waals surface area contributed by atoms with Crippen LogP contribution >= 0.6 is 15.9 Å². The molecule has 2 nitrogen and oxygen atoms in total. The van der Waals surface area contributed by atoms with Crippen molar-refractivity contribution < 1.29 is 4.42 Å². The third-order valence-corrected chi connectivity index (χ3v) is 2.67. The fourth-order valence-corrected chi connectivity index (χ4v) is 1.68. The van der Waals surface area contributed by atoms with Crippen molar-refractivity contribution >= 4 is 15.9 Å². The molecule has 2 rings (SSSR count). The Hall–Kier alpha value is -0.280. The molecule has 1 aromatic heterocycles. The summed E-state index contributed by atoms with van der Waals surface area (Å²) >= 11 is 3.26. The van der Waals surface area contributed by atoms with Gasteiger partial charge in [-0.2, -0.15) is 0 Å². The zero-order chi connectivity index (χ0) is 8.55. The molecule has 0 radical (unpaired) electrons. The van der Waals surface area contributed by atoms with Crippen LogP contribution in [0.2, 0.25) is 0 Å². The summed E-state index contributed by atoms with van der Waals surface area (Å²) in [6, 6.07) is 3.92. The van der Waals surface area contributed by atoms with Crippen LogP contribution < -0.4 is 5.73 Å². The van der Waals surface area contributed by atoms with Gasteiger partial charge >= 0.3 is 0 Å². The lowest BCUT2D eigenvalue weighted by molar-refractivity contribution is 0.427. The van der Waals surface area contributed by atoms with Crippen LogP contribution in [0.15, 0.2) is 21.2 Å². The van der Waals surface area contributed by atoms with Crippen molar-refractivity contribution in [3.8, 4) is 0 Å². The molecular weight excluding hydrogens is 218 g/mol. The first kappa shape index (κ1) is 8.32. The van der Waals surface area contributed by atoms with Crippen molar-refractivity contribution in [2.24, 2.45) is 11.7 Å². The lowest BCUT2D eigenvalue weighted by atomic mass is 10.1. The van der Waals surface area contributed by atoms with Gasteiger partial charge in [0.2, 0.25) is 0 Å². The van der Waals surface area contributed by atoms with Crippen LogP contribution in [0.5, 0.6) is 0 Å². The van der Waals surface area contributed by atoms with Crippen LogP contribution in [0, 0.1) is 5.92 Å². The molecule has 1 fully saturated rings. The van der Waals surface area contributed by atoms with Gasteiger partial charge in [-0.25, -0.2) is 0 Å². The molecule has 12 heavy (non-hydrogen) atoms. The van der Waals surface area contributed by atoms with Gasteiger partial charge in [0.05, 0.1) is 6.04 Å². The van der Waals surface area contributed by atoms with Gasteiger partial charge in [0.25, 0.3) is 0 Å². The minimum absolute atomic E-state index is 0.0869. The summed E-state index contributed by atoms with van der Waals surface area (Å²) in [4.78, 5) is 0. The fraction of sp³-hybridized carbons (Fsp3) is 0.556. The van der Waals surface area contributed by atoms with E-state index in [1.807, 2.05) is 12.1 Å². The molecule has 1 saturated carbocycles. The zero-order valence-corrected chi connectivity index (χ0v) is 8.38. The number of halogens is 1. The molecular formula is C9H12BrNO. The van der Waals surface area contributed by atoms with Gasteiger partial charge in [0.15, 0.2) is 4.67 Å². The number of nitrogens with two attached hydrogens (primary N) is 1. The highest BCUT2D eigenvalue weighted by Crippen LogP contribution is 2.37. The van der Waals surface area contributed by atoms with E-state index in [-0.39, 0.29) is 6.04 Å². The molecule has 1 aromatic rings. The minimum Gasteiger partial charge on any atom is -0.453 e. The quantitative estimate of drug-likeness (QED) is 0.867. The maximum atomic E-state index is 5.93. The normalized spacial score (nSPS) is 19.5. The summed E-state index contributed by atoms with van der Waals surface area (Å²) in [5.74, 6) is 1.75.